The van der Waals surface area contributed by atoms with Gasteiger partial charge in [-0.3, -0.25) is 9.69 Å². The second-order valence-electron chi connectivity index (χ2n) is 6.96. The van der Waals surface area contributed by atoms with Gasteiger partial charge in [0.1, 0.15) is 0 Å². The van der Waals surface area contributed by atoms with Gasteiger partial charge in [0, 0.05) is 26.9 Å². The second kappa shape index (κ2) is 9.41. The van der Waals surface area contributed by atoms with Crippen LogP contribution < -0.4 is 4.90 Å². The molecular formula is C24H22N2O3S2. The number of fused-ring (bicyclic) bond motifs is 1. The van der Waals surface area contributed by atoms with E-state index in [0.29, 0.717) is 23.7 Å². The number of benzene rings is 2. The summed E-state index contributed by atoms with van der Waals surface area (Å²) in [5, 5.41) is 3.34. The Morgan fingerprint density at radius 3 is 2.58 bits per heavy atom. The smallest absolute Gasteiger partial charge is 0.358 e. The van der Waals surface area contributed by atoms with Gasteiger partial charge in [0.15, 0.2) is 10.8 Å². The molecule has 2 aromatic carbocycles. The highest BCUT2D eigenvalue weighted by atomic mass is 32.1. The van der Waals surface area contributed by atoms with Gasteiger partial charge in [0.05, 0.1) is 12.2 Å². The number of carbonyl (C=O) groups excluding carboxylic acids is 2. The highest BCUT2D eigenvalue weighted by molar-refractivity contribution is 7.17. The molecule has 4 aromatic rings. The molecule has 0 aliphatic heterocycles. The molecule has 2 heterocycles. The minimum Gasteiger partial charge on any atom is -0.461 e. The summed E-state index contributed by atoms with van der Waals surface area (Å²) in [5.74, 6) is -0.573. The lowest BCUT2D eigenvalue weighted by Crippen LogP contribution is -2.33. The number of hydrogen-bond acceptors (Lipinski definition) is 6. The molecule has 0 N–H and O–H groups in total. The molecule has 0 radical (unpaired) electrons. The molecule has 5 nitrogen and oxygen atoms in total. The van der Waals surface area contributed by atoms with Gasteiger partial charge in [0.2, 0.25) is 0 Å². The van der Waals surface area contributed by atoms with Crippen molar-refractivity contribution in [3.8, 4) is 0 Å². The average Bonchev–Trinajstić information content (AvgIpc) is 3.38. The van der Waals surface area contributed by atoms with E-state index < -0.39 is 5.97 Å². The maximum absolute atomic E-state index is 13.6. The van der Waals surface area contributed by atoms with Crippen LogP contribution in [0.15, 0.2) is 60.0 Å². The van der Waals surface area contributed by atoms with Gasteiger partial charge in [-0.2, -0.15) is 0 Å². The summed E-state index contributed by atoms with van der Waals surface area (Å²) in [6, 6.07) is 17.9. The van der Waals surface area contributed by atoms with Gasteiger partial charge in [0.25, 0.3) is 5.91 Å². The zero-order valence-corrected chi connectivity index (χ0v) is 19.0. The van der Waals surface area contributed by atoms with Gasteiger partial charge in [-0.05, 0) is 31.9 Å². The predicted molar refractivity (Wildman–Crippen MR) is 126 cm³/mol. The topological polar surface area (TPSA) is 59.5 Å². The van der Waals surface area contributed by atoms with E-state index in [1.807, 2.05) is 66.9 Å². The lowest BCUT2D eigenvalue weighted by molar-refractivity contribution is 0.0519. The number of carbonyl (C=O) groups is 2. The molecule has 31 heavy (non-hydrogen) atoms. The van der Waals surface area contributed by atoms with Gasteiger partial charge < -0.3 is 4.74 Å². The zero-order valence-electron chi connectivity index (χ0n) is 17.3. The Balaban J connectivity index is 1.70. The molecule has 0 fully saturated rings. The van der Waals surface area contributed by atoms with Crippen LogP contribution in [0.5, 0.6) is 0 Å². The number of ether oxygens (including phenoxy) is 1. The third-order valence-corrected chi connectivity index (χ3v) is 6.87. The Hall–Kier alpha value is -3.03. The van der Waals surface area contributed by atoms with Crippen molar-refractivity contribution in [3.63, 3.8) is 0 Å². The molecule has 4 rings (SSSR count). The molecule has 0 atom stereocenters. The predicted octanol–water partition coefficient (Wildman–Crippen LogP) is 5.73. The SMILES string of the molecule is CCOC(=O)c1nc(N(CCc2ccccc2)C(=O)c2csc3ccccc23)sc1C. The Kier molecular flexibility index (Phi) is 6.44. The van der Waals surface area contributed by atoms with E-state index in [9.17, 15) is 9.59 Å². The van der Waals surface area contributed by atoms with Crippen molar-refractivity contribution < 1.29 is 14.3 Å². The fourth-order valence-electron chi connectivity index (χ4n) is 3.35. The molecule has 0 saturated heterocycles. The van der Waals surface area contributed by atoms with Crippen LogP contribution in [0.25, 0.3) is 10.1 Å². The van der Waals surface area contributed by atoms with Crippen LogP contribution in [-0.2, 0) is 11.2 Å². The molecule has 0 unspecified atom stereocenters. The Bertz CT molecular complexity index is 1210. The van der Waals surface area contributed by atoms with Crippen molar-refractivity contribution in [1.82, 2.24) is 4.98 Å². The molecule has 0 aliphatic carbocycles. The lowest BCUT2D eigenvalue weighted by atomic mass is 10.1. The van der Waals surface area contributed by atoms with Gasteiger partial charge in [-0.15, -0.1) is 22.7 Å². The zero-order chi connectivity index (χ0) is 21.8. The van der Waals surface area contributed by atoms with E-state index in [0.717, 1.165) is 20.5 Å². The Morgan fingerprint density at radius 2 is 1.81 bits per heavy atom. The van der Waals surface area contributed by atoms with Crippen LogP contribution in [0.4, 0.5) is 5.13 Å². The quantitative estimate of drug-likeness (QED) is 0.337. The molecule has 0 saturated carbocycles. The third-order valence-electron chi connectivity index (χ3n) is 4.91. The molecule has 0 spiro atoms. The van der Waals surface area contributed by atoms with Crippen LogP contribution in [-0.4, -0.2) is 30.0 Å². The molecule has 1 amide bonds. The standard InChI is InChI=1S/C24H22N2O3S2/c1-3-29-23(28)21-16(2)31-24(25-21)26(14-13-17-9-5-4-6-10-17)22(27)19-15-30-20-12-8-7-11-18(19)20/h4-12,15H,3,13-14H2,1-2H3. The summed E-state index contributed by atoms with van der Waals surface area (Å²) in [7, 11) is 0. The molecule has 158 valence electrons. The number of thiazole rings is 1. The van der Waals surface area contributed by atoms with Crippen molar-refractivity contribution in [3.05, 3.63) is 81.7 Å². The monoisotopic (exact) mass is 450 g/mol. The summed E-state index contributed by atoms with van der Waals surface area (Å²) in [4.78, 5) is 32.8. The number of amides is 1. The molecule has 0 bridgehead atoms. The first kappa shape index (κ1) is 21.2. The van der Waals surface area contributed by atoms with Crippen molar-refractivity contribution in [2.24, 2.45) is 0 Å². The van der Waals surface area contributed by atoms with E-state index >= 15 is 0 Å². The van der Waals surface area contributed by atoms with Crippen LogP contribution >= 0.6 is 22.7 Å². The fourth-order valence-corrected chi connectivity index (χ4v) is 5.20. The van der Waals surface area contributed by atoms with Crippen molar-refractivity contribution >= 4 is 49.8 Å². The number of aromatic nitrogens is 1. The first-order chi connectivity index (χ1) is 15.1. The number of hydrogen-bond donors (Lipinski definition) is 0. The van der Waals surface area contributed by atoms with E-state index in [1.165, 1.54) is 11.3 Å². The minimum atomic E-state index is -0.459. The molecule has 7 heteroatoms. The van der Waals surface area contributed by atoms with Gasteiger partial charge in [-0.1, -0.05) is 48.5 Å². The molecule has 2 aromatic heterocycles. The second-order valence-corrected chi connectivity index (χ2v) is 9.05. The number of nitrogens with zero attached hydrogens (tertiary/aromatic N) is 2. The van der Waals surface area contributed by atoms with E-state index in [2.05, 4.69) is 4.98 Å². The Morgan fingerprint density at radius 1 is 1.06 bits per heavy atom. The summed E-state index contributed by atoms with van der Waals surface area (Å²) in [6.45, 7) is 4.33. The number of esters is 1. The first-order valence-corrected chi connectivity index (χ1v) is 11.7. The van der Waals surface area contributed by atoms with Crippen LogP contribution in [0.1, 0.15) is 38.2 Å². The molecule has 0 aliphatic rings. The maximum atomic E-state index is 13.6. The lowest BCUT2D eigenvalue weighted by Gasteiger charge is -2.20. The van der Waals surface area contributed by atoms with Crippen molar-refractivity contribution in [2.75, 3.05) is 18.1 Å². The van der Waals surface area contributed by atoms with E-state index in [1.54, 1.807) is 23.2 Å². The summed E-state index contributed by atoms with van der Waals surface area (Å²) in [6.07, 6.45) is 0.683. The fraction of sp³-hybridized carbons (Fsp3) is 0.208. The normalized spacial score (nSPS) is 10.9. The molecular weight excluding hydrogens is 428 g/mol. The maximum Gasteiger partial charge on any atom is 0.358 e. The van der Waals surface area contributed by atoms with Crippen LogP contribution in [0, 0.1) is 6.92 Å². The van der Waals surface area contributed by atoms with Crippen LogP contribution in [0.2, 0.25) is 0 Å². The van der Waals surface area contributed by atoms with Crippen LogP contribution in [0.3, 0.4) is 0 Å². The number of thiophene rings is 1. The Labute approximate surface area is 188 Å². The highest BCUT2D eigenvalue weighted by Crippen LogP contribution is 2.31. The third kappa shape index (κ3) is 4.52. The number of aryl methyl sites for hydroxylation is 1. The summed E-state index contributed by atoms with van der Waals surface area (Å²) in [5.41, 5.74) is 2.06. The van der Waals surface area contributed by atoms with Gasteiger partial charge in [-0.25, -0.2) is 9.78 Å². The number of anilines is 1. The van der Waals surface area contributed by atoms with Crippen molar-refractivity contribution in [2.45, 2.75) is 20.3 Å². The van der Waals surface area contributed by atoms with E-state index in [4.69, 9.17) is 4.74 Å². The van der Waals surface area contributed by atoms with Crippen molar-refractivity contribution in [1.29, 1.82) is 0 Å². The largest absolute Gasteiger partial charge is 0.461 e. The highest BCUT2D eigenvalue weighted by Gasteiger charge is 2.26. The summed E-state index contributed by atoms with van der Waals surface area (Å²) >= 11 is 2.89. The van der Waals surface area contributed by atoms with Gasteiger partial charge >= 0.3 is 5.97 Å². The minimum absolute atomic E-state index is 0.113. The number of rotatable bonds is 7. The van der Waals surface area contributed by atoms with E-state index in [-0.39, 0.29) is 18.2 Å². The first-order valence-electron chi connectivity index (χ1n) is 10.0. The summed E-state index contributed by atoms with van der Waals surface area (Å²) < 4.78 is 6.19. The average molecular weight is 451 g/mol.